The number of rotatable bonds is 1. The van der Waals surface area contributed by atoms with Gasteiger partial charge >= 0.3 is 0 Å². The minimum Gasteiger partial charge on any atom is -0.316 e. The number of hydrogen-bond acceptors (Lipinski definition) is 2. The van der Waals surface area contributed by atoms with Crippen molar-refractivity contribution in [3.8, 4) is 0 Å². The van der Waals surface area contributed by atoms with Crippen LogP contribution < -0.4 is 10.2 Å². The molecule has 19 heavy (non-hydrogen) atoms. The Morgan fingerprint density at radius 1 is 1.42 bits per heavy atom. The zero-order valence-electron chi connectivity index (χ0n) is 11.8. The molecule has 102 valence electrons. The van der Waals surface area contributed by atoms with Gasteiger partial charge in [0.1, 0.15) is 0 Å². The zero-order valence-corrected chi connectivity index (χ0v) is 11.8. The van der Waals surface area contributed by atoms with E-state index in [1.54, 1.807) is 0 Å². The highest BCUT2D eigenvalue weighted by Crippen LogP contribution is 2.34. The van der Waals surface area contributed by atoms with Gasteiger partial charge in [-0.3, -0.25) is 4.79 Å². The van der Waals surface area contributed by atoms with Gasteiger partial charge in [0, 0.05) is 18.8 Å². The van der Waals surface area contributed by atoms with Crippen LogP contribution in [0.5, 0.6) is 0 Å². The smallest absolute Gasteiger partial charge is 0.234 e. The topological polar surface area (TPSA) is 32.3 Å². The molecule has 0 radical (unpaired) electrons. The molecule has 3 rings (SSSR count). The highest BCUT2D eigenvalue weighted by molar-refractivity contribution is 5.98. The van der Waals surface area contributed by atoms with E-state index in [2.05, 4.69) is 37.4 Å². The lowest BCUT2D eigenvalue weighted by atomic mass is 9.86. The van der Waals surface area contributed by atoms with E-state index in [-0.39, 0.29) is 5.41 Å². The second-order valence-corrected chi connectivity index (χ2v) is 6.18. The van der Waals surface area contributed by atoms with Gasteiger partial charge in [0.25, 0.3) is 0 Å². The molecule has 1 fully saturated rings. The van der Waals surface area contributed by atoms with E-state index in [4.69, 9.17) is 0 Å². The van der Waals surface area contributed by atoms with Crippen molar-refractivity contribution in [2.24, 2.45) is 5.41 Å². The third-order valence-corrected chi connectivity index (χ3v) is 4.48. The van der Waals surface area contributed by atoms with Crippen molar-refractivity contribution in [2.75, 3.05) is 24.5 Å². The number of amides is 1. The maximum atomic E-state index is 12.9. The molecule has 1 saturated heterocycles. The molecule has 3 nitrogen and oxygen atoms in total. The van der Waals surface area contributed by atoms with Gasteiger partial charge in [-0.15, -0.1) is 0 Å². The second kappa shape index (κ2) is 4.64. The number of fused-ring (bicyclic) bond motifs is 1. The second-order valence-electron chi connectivity index (χ2n) is 6.18. The van der Waals surface area contributed by atoms with Crippen LogP contribution in [-0.2, 0) is 11.2 Å². The van der Waals surface area contributed by atoms with Gasteiger partial charge in [0.2, 0.25) is 5.91 Å². The highest BCUT2D eigenvalue weighted by Gasteiger charge is 2.40. The van der Waals surface area contributed by atoms with E-state index in [0.717, 1.165) is 44.6 Å². The predicted molar refractivity (Wildman–Crippen MR) is 77.4 cm³/mol. The number of carbonyl (C=O) groups excluding carboxylic acids is 1. The summed E-state index contributed by atoms with van der Waals surface area (Å²) in [5.74, 6) is 0.294. The molecule has 1 aromatic carbocycles. The van der Waals surface area contributed by atoms with Gasteiger partial charge in [0.15, 0.2) is 0 Å². The quantitative estimate of drug-likeness (QED) is 0.838. The van der Waals surface area contributed by atoms with E-state index in [1.165, 1.54) is 11.1 Å². The number of nitrogens with one attached hydrogen (secondary N) is 1. The van der Waals surface area contributed by atoms with Crippen LogP contribution in [0.2, 0.25) is 0 Å². The molecule has 0 spiro atoms. The van der Waals surface area contributed by atoms with Crippen molar-refractivity contribution in [3.63, 3.8) is 0 Å². The first-order valence-corrected chi connectivity index (χ1v) is 7.22. The zero-order chi connectivity index (χ0) is 13.5. The van der Waals surface area contributed by atoms with Crippen LogP contribution >= 0.6 is 0 Å². The van der Waals surface area contributed by atoms with Crippen LogP contribution in [0.15, 0.2) is 18.2 Å². The van der Waals surface area contributed by atoms with Gasteiger partial charge in [-0.25, -0.2) is 0 Å². The number of benzene rings is 1. The SMILES string of the molecule is Cc1ccc2c(c1)CCCN2C(=O)C1(C)CCNC1. The normalized spacial score (nSPS) is 26.3. The third-order valence-electron chi connectivity index (χ3n) is 4.48. The fraction of sp³-hybridized carbons (Fsp3) is 0.562. The molecular weight excluding hydrogens is 236 g/mol. The maximum Gasteiger partial charge on any atom is 0.234 e. The van der Waals surface area contributed by atoms with Crippen molar-refractivity contribution < 1.29 is 4.79 Å². The summed E-state index contributed by atoms with van der Waals surface area (Å²) in [5.41, 5.74) is 3.52. The minimum atomic E-state index is -0.223. The highest BCUT2D eigenvalue weighted by atomic mass is 16.2. The Morgan fingerprint density at radius 3 is 3.00 bits per heavy atom. The first kappa shape index (κ1) is 12.7. The number of carbonyl (C=O) groups is 1. The molecule has 0 aromatic heterocycles. The lowest BCUT2D eigenvalue weighted by molar-refractivity contribution is -0.126. The number of anilines is 1. The van der Waals surface area contributed by atoms with E-state index >= 15 is 0 Å². The lowest BCUT2D eigenvalue weighted by Gasteiger charge is -2.35. The van der Waals surface area contributed by atoms with Crippen LogP contribution in [0.25, 0.3) is 0 Å². The van der Waals surface area contributed by atoms with E-state index in [1.807, 2.05) is 4.90 Å². The van der Waals surface area contributed by atoms with Crippen molar-refractivity contribution in [1.82, 2.24) is 5.32 Å². The average molecular weight is 258 g/mol. The Morgan fingerprint density at radius 2 is 2.26 bits per heavy atom. The van der Waals surface area contributed by atoms with Crippen LogP contribution in [0.1, 0.15) is 30.9 Å². The Bertz CT molecular complexity index is 503. The molecule has 0 aliphatic carbocycles. The van der Waals surface area contributed by atoms with E-state index < -0.39 is 0 Å². The van der Waals surface area contributed by atoms with Crippen LogP contribution in [0.4, 0.5) is 5.69 Å². The van der Waals surface area contributed by atoms with Crippen molar-refractivity contribution in [1.29, 1.82) is 0 Å². The first-order chi connectivity index (χ1) is 9.10. The molecule has 1 amide bonds. The van der Waals surface area contributed by atoms with Gasteiger partial charge in [0.05, 0.1) is 5.41 Å². The summed E-state index contributed by atoms with van der Waals surface area (Å²) in [6, 6.07) is 6.46. The van der Waals surface area contributed by atoms with Crippen LogP contribution in [-0.4, -0.2) is 25.5 Å². The molecule has 1 unspecified atom stereocenters. The summed E-state index contributed by atoms with van der Waals surface area (Å²) < 4.78 is 0. The monoisotopic (exact) mass is 258 g/mol. The van der Waals surface area contributed by atoms with Gasteiger partial charge in [-0.1, -0.05) is 17.7 Å². The van der Waals surface area contributed by atoms with Crippen molar-refractivity contribution in [2.45, 2.75) is 33.1 Å². The fourth-order valence-corrected chi connectivity index (χ4v) is 3.26. The van der Waals surface area contributed by atoms with Crippen molar-refractivity contribution >= 4 is 11.6 Å². The van der Waals surface area contributed by atoms with E-state index in [9.17, 15) is 4.79 Å². The summed E-state index contributed by atoms with van der Waals surface area (Å²) in [7, 11) is 0. The Labute approximate surface area is 115 Å². The minimum absolute atomic E-state index is 0.223. The van der Waals surface area contributed by atoms with Gasteiger partial charge < -0.3 is 10.2 Å². The first-order valence-electron chi connectivity index (χ1n) is 7.22. The average Bonchev–Trinajstić information content (AvgIpc) is 2.85. The number of aryl methyl sites for hydroxylation is 2. The summed E-state index contributed by atoms with van der Waals surface area (Å²) in [6.07, 6.45) is 3.12. The largest absolute Gasteiger partial charge is 0.316 e. The maximum absolute atomic E-state index is 12.9. The number of hydrogen-bond donors (Lipinski definition) is 1. The predicted octanol–water partition coefficient (Wildman–Crippen LogP) is 2.27. The molecule has 1 N–H and O–H groups in total. The Hall–Kier alpha value is -1.35. The molecular formula is C16H22N2O. The summed E-state index contributed by atoms with van der Waals surface area (Å²) in [4.78, 5) is 14.9. The molecule has 2 aliphatic heterocycles. The van der Waals surface area contributed by atoms with Gasteiger partial charge in [-0.05, 0) is 51.3 Å². The molecule has 2 heterocycles. The molecule has 1 aromatic rings. The molecule has 1 atom stereocenters. The summed E-state index contributed by atoms with van der Waals surface area (Å²) >= 11 is 0. The third kappa shape index (κ3) is 2.16. The summed E-state index contributed by atoms with van der Waals surface area (Å²) in [6.45, 7) is 6.84. The molecule has 2 aliphatic rings. The molecule has 3 heteroatoms. The number of nitrogens with zero attached hydrogens (tertiary/aromatic N) is 1. The lowest BCUT2D eigenvalue weighted by Crippen LogP contribution is -2.46. The van der Waals surface area contributed by atoms with Crippen LogP contribution in [0, 0.1) is 12.3 Å². The van der Waals surface area contributed by atoms with Crippen LogP contribution in [0.3, 0.4) is 0 Å². The standard InChI is InChI=1S/C16H22N2O/c1-12-5-6-14-13(10-12)4-3-9-18(14)15(19)16(2)7-8-17-11-16/h5-6,10,17H,3-4,7-9,11H2,1-2H3. The molecule has 0 saturated carbocycles. The van der Waals surface area contributed by atoms with Crippen molar-refractivity contribution in [3.05, 3.63) is 29.3 Å². The van der Waals surface area contributed by atoms with Gasteiger partial charge in [-0.2, -0.15) is 0 Å². The fourth-order valence-electron chi connectivity index (χ4n) is 3.26. The Kier molecular flexibility index (Phi) is 3.09. The van der Waals surface area contributed by atoms with E-state index in [0.29, 0.717) is 5.91 Å². The summed E-state index contributed by atoms with van der Waals surface area (Å²) in [5, 5.41) is 3.32. The Balaban J connectivity index is 1.93. The molecule has 0 bridgehead atoms.